The average Bonchev–Trinajstić information content (AvgIpc) is 3.20. The molecule has 0 saturated carbocycles. The van der Waals surface area contributed by atoms with E-state index in [9.17, 15) is 4.79 Å². The van der Waals surface area contributed by atoms with E-state index in [2.05, 4.69) is 20.3 Å². The molecule has 4 rings (SSSR count). The number of thiophene rings is 1. The third-order valence-corrected chi connectivity index (χ3v) is 5.75. The first kappa shape index (κ1) is 15.9. The van der Waals surface area contributed by atoms with E-state index in [0.717, 1.165) is 31.7 Å². The van der Waals surface area contributed by atoms with Gasteiger partial charge in [0, 0.05) is 5.69 Å². The number of ether oxygens (including phenoxy) is 1. The number of hydrogen-bond donors (Lipinski definition) is 1. The first-order valence-electron chi connectivity index (χ1n) is 7.69. The molecule has 126 valence electrons. The lowest BCUT2D eigenvalue weighted by Gasteiger charge is -2.07. The van der Waals surface area contributed by atoms with Crippen LogP contribution >= 0.6 is 22.7 Å². The molecule has 0 saturated heterocycles. The van der Waals surface area contributed by atoms with E-state index in [0.29, 0.717) is 17.3 Å². The van der Waals surface area contributed by atoms with Gasteiger partial charge in [-0.15, -0.1) is 22.7 Å². The summed E-state index contributed by atoms with van der Waals surface area (Å²) in [4.78, 5) is 26.4. The summed E-state index contributed by atoms with van der Waals surface area (Å²) >= 11 is 2.92. The fraction of sp³-hybridized carbons (Fsp3) is 0.176. The van der Waals surface area contributed by atoms with Crippen molar-refractivity contribution in [3.63, 3.8) is 0 Å². The van der Waals surface area contributed by atoms with Gasteiger partial charge in [-0.1, -0.05) is 0 Å². The fourth-order valence-electron chi connectivity index (χ4n) is 2.63. The van der Waals surface area contributed by atoms with Gasteiger partial charge in [0.25, 0.3) is 0 Å². The second-order valence-electron chi connectivity index (χ2n) is 5.34. The van der Waals surface area contributed by atoms with Gasteiger partial charge in [0.05, 0.1) is 27.7 Å². The number of carbonyl (C=O) groups excluding carboxylic acids is 1. The molecule has 6 nitrogen and oxygen atoms in total. The number of aryl methyl sites for hydroxylation is 1. The summed E-state index contributed by atoms with van der Waals surface area (Å²) in [5.41, 5.74) is 4.55. The predicted octanol–water partition coefficient (Wildman–Crippen LogP) is 4.53. The summed E-state index contributed by atoms with van der Waals surface area (Å²) < 4.78 is 6.23. The standard InChI is InChI=1S/C17H14N4O2S2/c1-3-23-17(22)14-9(2)13-15(18-7-19-16(13)25-14)21-10-4-5-11-12(6-10)24-8-20-11/h4-8H,3H2,1-2H3,(H,18,19,21). The molecule has 0 aliphatic carbocycles. The molecule has 0 spiro atoms. The van der Waals surface area contributed by atoms with E-state index in [1.54, 1.807) is 18.3 Å². The van der Waals surface area contributed by atoms with E-state index in [1.165, 1.54) is 17.7 Å². The van der Waals surface area contributed by atoms with Crippen LogP contribution in [-0.2, 0) is 4.74 Å². The highest BCUT2D eigenvalue weighted by Gasteiger charge is 2.20. The molecule has 0 unspecified atom stereocenters. The van der Waals surface area contributed by atoms with Crippen molar-refractivity contribution in [2.75, 3.05) is 11.9 Å². The Labute approximate surface area is 151 Å². The SMILES string of the molecule is CCOC(=O)c1sc2ncnc(Nc3ccc4ncsc4c3)c2c1C. The van der Waals surface area contributed by atoms with Crippen LogP contribution in [0.1, 0.15) is 22.2 Å². The first-order valence-corrected chi connectivity index (χ1v) is 9.38. The molecule has 0 aliphatic heterocycles. The Hall–Kier alpha value is -2.58. The first-order chi connectivity index (χ1) is 12.2. The Morgan fingerprint density at radius 1 is 1.28 bits per heavy atom. The Balaban J connectivity index is 1.77. The van der Waals surface area contributed by atoms with Crippen molar-refractivity contribution in [1.29, 1.82) is 0 Å². The molecule has 8 heteroatoms. The fourth-order valence-corrected chi connectivity index (χ4v) is 4.39. The highest BCUT2D eigenvalue weighted by atomic mass is 32.1. The topological polar surface area (TPSA) is 77.0 Å². The van der Waals surface area contributed by atoms with Crippen LogP contribution in [0.5, 0.6) is 0 Å². The molecule has 3 aromatic heterocycles. The van der Waals surface area contributed by atoms with Crippen LogP contribution in [-0.4, -0.2) is 27.5 Å². The van der Waals surface area contributed by atoms with Crippen LogP contribution in [0.25, 0.3) is 20.4 Å². The minimum absolute atomic E-state index is 0.319. The number of carbonyl (C=O) groups is 1. The molecule has 0 radical (unpaired) electrons. The number of nitrogens with zero attached hydrogens (tertiary/aromatic N) is 3. The number of esters is 1. The van der Waals surface area contributed by atoms with Crippen LogP contribution in [0.15, 0.2) is 30.0 Å². The molecule has 1 N–H and O–H groups in total. The number of thiazole rings is 1. The number of hydrogen-bond acceptors (Lipinski definition) is 8. The second kappa shape index (κ2) is 6.38. The van der Waals surface area contributed by atoms with Crippen molar-refractivity contribution in [2.45, 2.75) is 13.8 Å². The molecule has 0 fully saturated rings. The van der Waals surface area contributed by atoms with Gasteiger partial charge in [-0.2, -0.15) is 0 Å². The minimum atomic E-state index is -0.319. The minimum Gasteiger partial charge on any atom is -0.462 e. The highest BCUT2D eigenvalue weighted by Crippen LogP contribution is 2.35. The number of rotatable bonds is 4. The van der Waals surface area contributed by atoms with Crippen molar-refractivity contribution >= 4 is 60.6 Å². The van der Waals surface area contributed by atoms with Gasteiger partial charge in [0.2, 0.25) is 0 Å². The zero-order chi connectivity index (χ0) is 17.4. The maximum absolute atomic E-state index is 12.1. The number of anilines is 2. The Bertz CT molecular complexity index is 1090. The van der Waals surface area contributed by atoms with Crippen LogP contribution in [0.2, 0.25) is 0 Å². The maximum Gasteiger partial charge on any atom is 0.348 e. The van der Waals surface area contributed by atoms with Gasteiger partial charge in [-0.25, -0.2) is 19.7 Å². The number of benzene rings is 1. The normalized spacial score (nSPS) is 11.1. The molecular formula is C17H14N4O2S2. The van der Waals surface area contributed by atoms with Crippen molar-refractivity contribution in [3.05, 3.63) is 40.5 Å². The molecule has 3 heterocycles. The maximum atomic E-state index is 12.1. The van der Waals surface area contributed by atoms with E-state index in [-0.39, 0.29) is 5.97 Å². The summed E-state index contributed by atoms with van der Waals surface area (Å²) in [6.45, 7) is 4.03. The average molecular weight is 370 g/mol. The molecule has 25 heavy (non-hydrogen) atoms. The molecule has 0 bridgehead atoms. The molecule has 1 aromatic carbocycles. The second-order valence-corrected chi connectivity index (χ2v) is 7.22. The molecule has 0 atom stereocenters. The van der Waals surface area contributed by atoms with Gasteiger partial charge >= 0.3 is 5.97 Å². The van der Waals surface area contributed by atoms with E-state index in [4.69, 9.17) is 4.74 Å². The number of aromatic nitrogens is 3. The molecular weight excluding hydrogens is 356 g/mol. The zero-order valence-electron chi connectivity index (χ0n) is 13.6. The smallest absolute Gasteiger partial charge is 0.348 e. The summed E-state index contributed by atoms with van der Waals surface area (Å²) in [6, 6.07) is 5.97. The van der Waals surface area contributed by atoms with Gasteiger partial charge in [0.1, 0.15) is 21.9 Å². The van der Waals surface area contributed by atoms with E-state index >= 15 is 0 Å². The predicted molar refractivity (Wildman–Crippen MR) is 101 cm³/mol. The molecule has 0 amide bonds. The lowest BCUT2D eigenvalue weighted by molar-refractivity contribution is 0.0531. The van der Waals surface area contributed by atoms with Crippen molar-refractivity contribution in [1.82, 2.24) is 15.0 Å². The van der Waals surface area contributed by atoms with E-state index < -0.39 is 0 Å². The largest absolute Gasteiger partial charge is 0.462 e. The van der Waals surface area contributed by atoms with Gasteiger partial charge in [-0.3, -0.25) is 0 Å². The number of fused-ring (bicyclic) bond motifs is 2. The lowest BCUT2D eigenvalue weighted by atomic mass is 10.2. The summed E-state index contributed by atoms with van der Waals surface area (Å²) in [5, 5.41) is 4.18. The monoisotopic (exact) mass is 370 g/mol. The van der Waals surface area contributed by atoms with Crippen LogP contribution in [0, 0.1) is 6.92 Å². The highest BCUT2D eigenvalue weighted by molar-refractivity contribution is 7.20. The van der Waals surface area contributed by atoms with E-state index in [1.807, 2.05) is 30.6 Å². The quantitative estimate of drug-likeness (QED) is 0.532. The van der Waals surface area contributed by atoms with Crippen molar-refractivity contribution < 1.29 is 9.53 Å². The summed E-state index contributed by atoms with van der Waals surface area (Å²) in [7, 11) is 0. The Morgan fingerprint density at radius 2 is 2.16 bits per heavy atom. The summed E-state index contributed by atoms with van der Waals surface area (Å²) in [5.74, 6) is 0.359. The molecule has 4 aromatic rings. The Kier molecular flexibility index (Phi) is 4.06. The molecule has 0 aliphatic rings. The number of nitrogens with one attached hydrogen (secondary N) is 1. The Morgan fingerprint density at radius 3 is 3.00 bits per heavy atom. The third kappa shape index (κ3) is 2.83. The lowest BCUT2D eigenvalue weighted by Crippen LogP contribution is -2.03. The van der Waals surface area contributed by atoms with Crippen LogP contribution < -0.4 is 5.32 Å². The third-order valence-electron chi connectivity index (χ3n) is 3.78. The van der Waals surface area contributed by atoms with Crippen LogP contribution in [0.4, 0.5) is 11.5 Å². The van der Waals surface area contributed by atoms with Crippen molar-refractivity contribution in [2.24, 2.45) is 0 Å². The van der Waals surface area contributed by atoms with Crippen LogP contribution in [0.3, 0.4) is 0 Å². The van der Waals surface area contributed by atoms with Gasteiger partial charge in [0.15, 0.2) is 0 Å². The van der Waals surface area contributed by atoms with Gasteiger partial charge < -0.3 is 10.1 Å². The van der Waals surface area contributed by atoms with Crippen molar-refractivity contribution in [3.8, 4) is 0 Å². The van der Waals surface area contributed by atoms with Gasteiger partial charge in [-0.05, 0) is 37.6 Å². The summed E-state index contributed by atoms with van der Waals surface area (Å²) in [6.07, 6.45) is 1.50. The zero-order valence-corrected chi connectivity index (χ0v) is 15.2.